The number of nitro benzene ring substituents is 1. The van der Waals surface area contributed by atoms with Crippen molar-refractivity contribution in [2.75, 3.05) is 7.11 Å². The van der Waals surface area contributed by atoms with Crippen molar-refractivity contribution in [2.45, 2.75) is 6.92 Å². The van der Waals surface area contributed by atoms with E-state index in [1.165, 1.54) is 30.6 Å². The first-order chi connectivity index (χ1) is 9.02. The first-order valence-corrected chi connectivity index (χ1v) is 6.15. The average Bonchev–Trinajstić information content (AvgIpc) is 2.80. The fourth-order valence-electron chi connectivity index (χ4n) is 1.62. The Kier molecular flexibility index (Phi) is 3.57. The van der Waals surface area contributed by atoms with Gasteiger partial charge in [0.15, 0.2) is 5.69 Å². The third-order valence-electron chi connectivity index (χ3n) is 2.43. The summed E-state index contributed by atoms with van der Waals surface area (Å²) in [5.74, 6) is -0.550. The second-order valence-electron chi connectivity index (χ2n) is 3.71. The quantitative estimate of drug-likeness (QED) is 0.490. The summed E-state index contributed by atoms with van der Waals surface area (Å²) in [5, 5.41) is 11.5. The lowest BCUT2D eigenvalue weighted by molar-refractivity contribution is -0.384. The third-order valence-corrected chi connectivity index (χ3v) is 3.45. The monoisotopic (exact) mass is 278 g/mol. The zero-order chi connectivity index (χ0) is 14.0. The minimum absolute atomic E-state index is 0.0284. The van der Waals surface area contributed by atoms with Gasteiger partial charge in [-0.05, 0) is 6.92 Å². The molecule has 0 N–H and O–H groups in total. The molecule has 0 aliphatic heterocycles. The number of carbonyl (C=O) groups is 1. The molecule has 0 atom stereocenters. The van der Waals surface area contributed by atoms with Gasteiger partial charge >= 0.3 is 5.97 Å². The number of esters is 1. The number of thiazole rings is 1. The molecule has 0 spiro atoms. The molecule has 0 unspecified atom stereocenters. The average molecular weight is 278 g/mol. The highest BCUT2D eigenvalue weighted by molar-refractivity contribution is 7.15. The number of hydrogen-bond acceptors (Lipinski definition) is 6. The summed E-state index contributed by atoms with van der Waals surface area (Å²) in [6.45, 7) is 1.76. The molecule has 0 bridgehead atoms. The van der Waals surface area contributed by atoms with Crippen LogP contribution in [0, 0.1) is 17.0 Å². The second kappa shape index (κ2) is 5.15. The molecule has 2 aromatic rings. The number of nitro groups is 1. The summed E-state index contributed by atoms with van der Waals surface area (Å²) in [6, 6.07) is 6.09. The lowest BCUT2D eigenvalue weighted by atomic mass is 10.1. The van der Waals surface area contributed by atoms with Crippen molar-refractivity contribution < 1.29 is 14.5 Å². The van der Waals surface area contributed by atoms with E-state index in [0.29, 0.717) is 15.4 Å². The van der Waals surface area contributed by atoms with Crippen LogP contribution < -0.4 is 0 Å². The number of rotatable bonds is 3. The minimum atomic E-state index is -0.550. The van der Waals surface area contributed by atoms with Crippen molar-refractivity contribution in [1.82, 2.24) is 4.98 Å². The van der Waals surface area contributed by atoms with Crippen LogP contribution in [0.2, 0.25) is 0 Å². The Morgan fingerprint density at radius 3 is 2.84 bits per heavy atom. The largest absolute Gasteiger partial charge is 0.464 e. The van der Waals surface area contributed by atoms with Crippen molar-refractivity contribution in [3.05, 3.63) is 45.1 Å². The molecule has 1 heterocycles. The smallest absolute Gasteiger partial charge is 0.358 e. The van der Waals surface area contributed by atoms with Crippen molar-refractivity contribution in [3.63, 3.8) is 0 Å². The summed E-state index contributed by atoms with van der Waals surface area (Å²) < 4.78 is 4.66. The van der Waals surface area contributed by atoms with Crippen LogP contribution in [0.25, 0.3) is 10.4 Å². The molecule has 0 fully saturated rings. The van der Waals surface area contributed by atoms with Gasteiger partial charge in [-0.1, -0.05) is 12.1 Å². The number of ether oxygens (including phenoxy) is 1. The van der Waals surface area contributed by atoms with E-state index < -0.39 is 10.9 Å². The van der Waals surface area contributed by atoms with E-state index in [2.05, 4.69) is 9.72 Å². The van der Waals surface area contributed by atoms with E-state index in [1.807, 2.05) is 0 Å². The van der Waals surface area contributed by atoms with Crippen LogP contribution in [0.3, 0.4) is 0 Å². The van der Waals surface area contributed by atoms with Gasteiger partial charge in [-0.15, -0.1) is 11.3 Å². The van der Waals surface area contributed by atoms with Crippen molar-refractivity contribution >= 4 is 23.0 Å². The van der Waals surface area contributed by atoms with E-state index in [0.717, 1.165) is 0 Å². The van der Waals surface area contributed by atoms with E-state index in [-0.39, 0.29) is 11.4 Å². The molecule has 0 aliphatic rings. The maximum Gasteiger partial charge on any atom is 0.358 e. The Bertz CT molecular complexity index is 651. The molecule has 19 heavy (non-hydrogen) atoms. The number of non-ortho nitro benzene ring substituents is 1. The molecular weight excluding hydrogens is 268 g/mol. The number of methoxy groups -OCH3 is 1. The van der Waals surface area contributed by atoms with Crippen molar-refractivity contribution in [2.24, 2.45) is 0 Å². The molecule has 1 aromatic carbocycles. The Balaban J connectivity index is 2.55. The van der Waals surface area contributed by atoms with E-state index in [9.17, 15) is 14.9 Å². The highest BCUT2D eigenvalue weighted by Crippen LogP contribution is 2.32. The summed E-state index contributed by atoms with van der Waals surface area (Å²) >= 11 is 1.30. The molecule has 98 valence electrons. The summed E-state index contributed by atoms with van der Waals surface area (Å²) in [5.41, 5.74) is 0.741. The second-order valence-corrected chi connectivity index (χ2v) is 4.91. The molecule has 0 amide bonds. The van der Waals surface area contributed by atoms with E-state index in [1.54, 1.807) is 19.1 Å². The fourth-order valence-corrected chi connectivity index (χ4v) is 2.52. The highest BCUT2D eigenvalue weighted by atomic mass is 32.1. The lowest BCUT2D eigenvalue weighted by Crippen LogP contribution is -2.03. The Morgan fingerprint density at radius 1 is 1.47 bits per heavy atom. The number of carbonyl (C=O) groups excluding carboxylic acids is 1. The lowest BCUT2D eigenvalue weighted by Gasteiger charge is -2.01. The molecule has 2 rings (SSSR count). The van der Waals surface area contributed by atoms with Crippen LogP contribution in [-0.4, -0.2) is 23.0 Å². The van der Waals surface area contributed by atoms with Gasteiger partial charge in [0, 0.05) is 17.7 Å². The maximum atomic E-state index is 11.6. The van der Waals surface area contributed by atoms with Gasteiger partial charge in [-0.25, -0.2) is 9.78 Å². The van der Waals surface area contributed by atoms with Gasteiger partial charge in [0.2, 0.25) is 0 Å². The predicted molar refractivity (Wildman–Crippen MR) is 70.3 cm³/mol. The molecule has 0 saturated heterocycles. The molecule has 0 saturated carbocycles. The van der Waals surface area contributed by atoms with Gasteiger partial charge in [0.05, 0.1) is 21.9 Å². The first kappa shape index (κ1) is 13.2. The minimum Gasteiger partial charge on any atom is -0.464 e. The Hall–Kier alpha value is -2.28. The molecule has 7 heteroatoms. The van der Waals surface area contributed by atoms with Crippen LogP contribution >= 0.6 is 11.3 Å². The molecule has 6 nitrogen and oxygen atoms in total. The topological polar surface area (TPSA) is 82.3 Å². The molecular formula is C12H10N2O4S. The fraction of sp³-hybridized carbons (Fsp3) is 0.167. The SMILES string of the molecule is COC(=O)c1nc(C)sc1-c1cccc([N+](=O)[O-])c1. The summed E-state index contributed by atoms with van der Waals surface area (Å²) in [6.07, 6.45) is 0. The van der Waals surface area contributed by atoms with Crippen molar-refractivity contribution in [3.8, 4) is 10.4 Å². The molecule has 1 aromatic heterocycles. The first-order valence-electron chi connectivity index (χ1n) is 5.33. The Morgan fingerprint density at radius 2 is 2.21 bits per heavy atom. The zero-order valence-corrected chi connectivity index (χ0v) is 11.1. The van der Waals surface area contributed by atoms with Crippen LogP contribution in [0.15, 0.2) is 24.3 Å². The number of benzene rings is 1. The number of hydrogen-bond donors (Lipinski definition) is 0. The Labute approximate surface area is 112 Å². The highest BCUT2D eigenvalue weighted by Gasteiger charge is 2.20. The number of aryl methyl sites for hydroxylation is 1. The summed E-state index contributed by atoms with van der Waals surface area (Å²) in [4.78, 5) is 26.6. The summed E-state index contributed by atoms with van der Waals surface area (Å²) in [7, 11) is 1.27. The zero-order valence-electron chi connectivity index (χ0n) is 10.2. The van der Waals surface area contributed by atoms with Gasteiger partial charge in [-0.3, -0.25) is 10.1 Å². The molecule has 0 aliphatic carbocycles. The van der Waals surface area contributed by atoms with Crippen LogP contribution in [0.4, 0.5) is 5.69 Å². The standard InChI is InChI=1S/C12H10N2O4S/c1-7-13-10(12(15)18-2)11(19-7)8-4-3-5-9(6-8)14(16)17/h3-6H,1-2H3. The van der Waals surface area contributed by atoms with Crippen LogP contribution in [0.5, 0.6) is 0 Å². The predicted octanol–water partition coefficient (Wildman–Crippen LogP) is 2.81. The number of aromatic nitrogens is 1. The maximum absolute atomic E-state index is 11.6. The van der Waals surface area contributed by atoms with E-state index in [4.69, 9.17) is 0 Å². The normalized spacial score (nSPS) is 10.2. The van der Waals surface area contributed by atoms with Crippen LogP contribution in [-0.2, 0) is 4.74 Å². The van der Waals surface area contributed by atoms with Gasteiger partial charge < -0.3 is 4.74 Å². The number of nitrogens with zero attached hydrogens (tertiary/aromatic N) is 2. The van der Waals surface area contributed by atoms with Gasteiger partial charge in [-0.2, -0.15) is 0 Å². The van der Waals surface area contributed by atoms with Crippen LogP contribution in [0.1, 0.15) is 15.5 Å². The van der Waals surface area contributed by atoms with Gasteiger partial charge in [0.1, 0.15) is 0 Å². The molecule has 0 radical (unpaired) electrons. The van der Waals surface area contributed by atoms with Crippen molar-refractivity contribution in [1.29, 1.82) is 0 Å². The third kappa shape index (κ3) is 2.60. The van der Waals surface area contributed by atoms with E-state index >= 15 is 0 Å². The van der Waals surface area contributed by atoms with Gasteiger partial charge in [0.25, 0.3) is 5.69 Å².